The number of ether oxygens (including phenoxy) is 2. The maximum Gasteiger partial charge on any atom is 0.408 e. The molecule has 0 saturated carbocycles. The highest BCUT2D eigenvalue weighted by Gasteiger charge is 2.26. The van der Waals surface area contributed by atoms with Crippen LogP contribution in [0.4, 0.5) is 10.5 Å². The van der Waals surface area contributed by atoms with Crippen LogP contribution in [0.3, 0.4) is 0 Å². The van der Waals surface area contributed by atoms with E-state index in [1.54, 1.807) is 32.9 Å². The number of amides is 1. The van der Waals surface area contributed by atoms with Crippen LogP contribution in [0.25, 0.3) is 0 Å². The van der Waals surface area contributed by atoms with Gasteiger partial charge in [-0.2, -0.15) is 0 Å². The van der Waals surface area contributed by atoms with Gasteiger partial charge in [0.2, 0.25) is 0 Å². The van der Waals surface area contributed by atoms with E-state index < -0.39 is 23.7 Å². The lowest BCUT2D eigenvalue weighted by Gasteiger charge is -2.23. The molecular weight excluding hydrogens is 388 g/mol. The van der Waals surface area contributed by atoms with Crippen molar-refractivity contribution < 1.29 is 19.1 Å². The first-order valence-corrected chi connectivity index (χ1v) is 8.97. The maximum absolute atomic E-state index is 12.4. The second-order valence-electron chi connectivity index (χ2n) is 7.28. The molecule has 0 aliphatic heterocycles. The number of nitrogens with two attached hydrogens (primary N) is 1. The molecule has 1 rings (SSSR count). The fourth-order valence-electron chi connectivity index (χ4n) is 1.93. The molecule has 6 nitrogen and oxygen atoms in total. The monoisotopic (exact) mass is 414 g/mol. The highest BCUT2D eigenvalue weighted by molar-refractivity contribution is 9.10. The van der Waals surface area contributed by atoms with Crippen LogP contribution in [0, 0.1) is 5.92 Å². The maximum atomic E-state index is 12.4. The van der Waals surface area contributed by atoms with Crippen molar-refractivity contribution in [2.45, 2.75) is 52.7 Å². The number of esters is 1. The fraction of sp³-hybridized carbons (Fsp3) is 0.556. The van der Waals surface area contributed by atoms with Crippen LogP contribution >= 0.6 is 15.9 Å². The Hall–Kier alpha value is -1.76. The lowest BCUT2D eigenvalue weighted by molar-refractivity contribution is -0.147. The first-order chi connectivity index (χ1) is 11.5. The van der Waals surface area contributed by atoms with Crippen LogP contribution in [-0.4, -0.2) is 30.3 Å². The molecule has 25 heavy (non-hydrogen) atoms. The summed E-state index contributed by atoms with van der Waals surface area (Å²) < 4.78 is 11.2. The lowest BCUT2D eigenvalue weighted by Crippen LogP contribution is -2.45. The molecule has 0 unspecified atom stereocenters. The molecule has 1 aromatic rings. The summed E-state index contributed by atoms with van der Waals surface area (Å²) in [6.07, 6.45) is -0.386. The van der Waals surface area contributed by atoms with E-state index in [2.05, 4.69) is 21.2 Å². The Morgan fingerprint density at radius 1 is 1.28 bits per heavy atom. The molecular formula is C18H27BrN2O4. The second kappa shape index (κ2) is 9.08. The van der Waals surface area contributed by atoms with Gasteiger partial charge >= 0.3 is 12.1 Å². The number of hydrogen-bond donors (Lipinski definition) is 2. The van der Waals surface area contributed by atoms with Crippen molar-refractivity contribution >= 4 is 33.7 Å². The minimum absolute atomic E-state index is 0.205. The van der Waals surface area contributed by atoms with Gasteiger partial charge < -0.3 is 20.5 Å². The summed E-state index contributed by atoms with van der Waals surface area (Å²) in [6, 6.07) is 4.52. The van der Waals surface area contributed by atoms with Crippen LogP contribution in [0.1, 0.15) is 40.2 Å². The Bertz CT molecular complexity index is 612. The van der Waals surface area contributed by atoms with Crippen molar-refractivity contribution in [3.63, 3.8) is 0 Å². The standard InChI is InChI=1S/C18H27BrN2O4/c1-11(2)10-24-16(22)15(21-17(23)25-18(3,4)5)9-12-6-7-14(20)13(19)8-12/h6-8,11,15H,9-10,20H2,1-5H3,(H,21,23)/t15-/m0/s1. The van der Waals surface area contributed by atoms with Gasteiger partial charge in [0, 0.05) is 16.6 Å². The van der Waals surface area contributed by atoms with E-state index in [1.807, 2.05) is 19.9 Å². The van der Waals surface area contributed by atoms with Gasteiger partial charge in [-0.3, -0.25) is 0 Å². The number of halogens is 1. The average molecular weight is 415 g/mol. The van der Waals surface area contributed by atoms with E-state index in [0.29, 0.717) is 5.69 Å². The average Bonchev–Trinajstić information content (AvgIpc) is 2.45. The predicted octanol–water partition coefficient (Wildman–Crippen LogP) is 3.67. The first kappa shape index (κ1) is 21.3. The Labute approximate surface area is 157 Å². The summed E-state index contributed by atoms with van der Waals surface area (Å²) in [5.41, 5.74) is 6.57. The van der Waals surface area contributed by atoms with E-state index in [1.165, 1.54) is 0 Å². The SMILES string of the molecule is CC(C)COC(=O)[C@H](Cc1ccc(N)c(Br)c1)NC(=O)OC(C)(C)C. The fourth-order valence-corrected chi connectivity index (χ4v) is 2.35. The van der Waals surface area contributed by atoms with Crippen LogP contribution in [0.2, 0.25) is 0 Å². The van der Waals surface area contributed by atoms with Crippen molar-refractivity contribution in [2.75, 3.05) is 12.3 Å². The summed E-state index contributed by atoms with van der Waals surface area (Å²) in [5, 5.41) is 2.60. The summed E-state index contributed by atoms with van der Waals surface area (Å²) in [5.74, 6) is -0.288. The topological polar surface area (TPSA) is 90.6 Å². The zero-order chi connectivity index (χ0) is 19.2. The summed E-state index contributed by atoms with van der Waals surface area (Å²) in [6.45, 7) is 9.46. The molecule has 1 atom stereocenters. The first-order valence-electron chi connectivity index (χ1n) is 8.18. The third-order valence-corrected chi connectivity index (χ3v) is 3.73. The Morgan fingerprint density at radius 2 is 1.92 bits per heavy atom. The van der Waals surface area contributed by atoms with Gasteiger partial charge in [0.15, 0.2) is 0 Å². The predicted molar refractivity (Wildman–Crippen MR) is 101 cm³/mol. The van der Waals surface area contributed by atoms with Gasteiger partial charge in [-0.25, -0.2) is 9.59 Å². The summed E-state index contributed by atoms with van der Waals surface area (Å²) >= 11 is 3.36. The number of hydrogen-bond acceptors (Lipinski definition) is 5. The van der Waals surface area contributed by atoms with Crippen molar-refractivity contribution in [2.24, 2.45) is 5.92 Å². The quantitative estimate of drug-likeness (QED) is 0.547. The van der Waals surface area contributed by atoms with Gasteiger partial charge in [-0.1, -0.05) is 19.9 Å². The van der Waals surface area contributed by atoms with Crippen LogP contribution in [0.5, 0.6) is 0 Å². The smallest absolute Gasteiger partial charge is 0.408 e. The van der Waals surface area contributed by atoms with E-state index in [9.17, 15) is 9.59 Å². The summed E-state index contributed by atoms with van der Waals surface area (Å²) in [7, 11) is 0. The van der Waals surface area contributed by atoms with Crippen LogP contribution in [0.15, 0.2) is 22.7 Å². The van der Waals surface area contributed by atoms with Crippen molar-refractivity contribution in [3.05, 3.63) is 28.2 Å². The minimum atomic E-state index is -0.843. The molecule has 0 bridgehead atoms. The highest BCUT2D eigenvalue weighted by atomic mass is 79.9. The van der Waals surface area contributed by atoms with Crippen molar-refractivity contribution in [3.8, 4) is 0 Å². The van der Waals surface area contributed by atoms with Gasteiger partial charge in [-0.05, 0) is 60.3 Å². The van der Waals surface area contributed by atoms with Gasteiger partial charge in [-0.15, -0.1) is 0 Å². The number of anilines is 1. The minimum Gasteiger partial charge on any atom is -0.464 e. The largest absolute Gasteiger partial charge is 0.464 e. The zero-order valence-corrected chi connectivity index (χ0v) is 17.0. The molecule has 7 heteroatoms. The van der Waals surface area contributed by atoms with E-state index in [0.717, 1.165) is 10.0 Å². The highest BCUT2D eigenvalue weighted by Crippen LogP contribution is 2.21. The lowest BCUT2D eigenvalue weighted by atomic mass is 10.1. The molecule has 3 N–H and O–H groups in total. The number of carbonyl (C=O) groups excluding carboxylic acids is 2. The second-order valence-corrected chi connectivity index (χ2v) is 8.14. The van der Waals surface area contributed by atoms with Crippen molar-refractivity contribution in [1.82, 2.24) is 5.32 Å². The molecule has 0 heterocycles. The van der Waals surface area contributed by atoms with E-state index >= 15 is 0 Å². The van der Waals surface area contributed by atoms with Gasteiger partial charge in [0.25, 0.3) is 0 Å². The zero-order valence-electron chi connectivity index (χ0n) is 15.4. The normalized spacial score (nSPS) is 12.6. The molecule has 0 aliphatic rings. The molecule has 0 aromatic heterocycles. The number of nitrogens with one attached hydrogen (secondary N) is 1. The van der Waals surface area contributed by atoms with Crippen LogP contribution in [-0.2, 0) is 20.7 Å². The molecule has 0 fully saturated rings. The third kappa shape index (κ3) is 8.25. The molecule has 0 aliphatic carbocycles. The molecule has 140 valence electrons. The van der Waals surface area contributed by atoms with Crippen molar-refractivity contribution in [1.29, 1.82) is 0 Å². The molecule has 0 spiro atoms. The van der Waals surface area contributed by atoms with Gasteiger partial charge in [0.05, 0.1) is 6.61 Å². The van der Waals surface area contributed by atoms with Crippen LogP contribution < -0.4 is 11.1 Å². The molecule has 1 amide bonds. The number of benzene rings is 1. The number of carbonyl (C=O) groups is 2. The number of alkyl carbamates (subject to hydrolysis) is 1. The Kier molecular flexibility index (Phi) is 7.73. The molecule has 0 radical (unpaired) electrons. The Balaban J connectivity index is 2.87. The number of rotatable bonds is 6. The van der Waals surface area contributed by atoms with E-state index in [4.69, 9.17) is 15.2 Å². The Morgan fingerprint density at radius 3 is 2.44 bits per heavy atom. The third-order valence-electron chi connectivity index (χ3n) is 3.04. The summed E-state index contributed by atoms with van der Waals surface area (Å²) in [4.78, 5) is 24.4. The molecule has 1 aromatic carbocycles. The van der Waals surface area contributed by atoms with Gasteiger partial charge in [0.1, 0.15) is 11.6 Å². The number of nitrogen functional groups attached to an aromatic ring is 1. The van der Waals surface area contributed by atoms with E-state index in [-0.39, 0.29) is 18.9 Å². The molecule has 0 saturated heterocycles.